The number of carbonyl (C=O) groups excluding carboxylic acids is 3. The maximum absolute atomic E-state index is 14.0. The monoisotopic (exact) mass is 539 g/mol. The summed E-state index contributed by atoms with van der Waals surface area (Å²) in [7, 11) is 7.11. The molecule has 0 spiro atoms. The lowest BCUT2D eigenvalue weighted by molar-refractivity contribution is -0.153. The van der Waals surface area contributed by atoms with Gasteiger partial charge in [-0.2, -0.15) is 0 Å². The Balaban J connectivity index is 1.97. The van der Waals surface area contributed by atoms with Gasteiger partial charge in [-0.25, -0.2) is 0 Å². The largest absolute Gasteiger partial charge is 0.508 e. The Hall–Kier alpha value is -3.63. The molecule has 0 saturated heterocycles. The molecule has 0 heterocycles. The maximum Gasteiger partial charge on any atom is 0.255 e. The average molecular weight is 540 g/mol. The second-order valence-electron chi connectivity index (χ2n) is 11.2. The van der Waals surface area contributed by atoms with Crippen molar-refractivity contribution >= 4 is 35.0 Å². The summed E-state index contributed by atoms with van der Waals surface area (Å²) in [4.78, 5) is 43.1. The van der Waals surface area contributed by atoms with Crippen molar-refractivity contribution in [2.24, 2.45) is 23.5 Å². The first-order valence-electron chi connectivity index (χ1n) is 13.1. The number of nitrogens with two attached hydrogens (primary N) is 1. The molecule has 3 aliphatic carbocycles. The number of amides is 1. The van der Waals surface area contributed by atoms with Gasteiger partial charge in [-0.15, -0.1) is 0 Å². The number of nitrogens with zero attached hydrogens (tertiary/aromatic N) is 2. The first kappa shape index (κ1) is 28.4. The fourth-order valence-corrected chi connectivity index (χ4v) is 6.36. The molecule has 1 amide bonds. The molecule has 0 radical (unpaired) electrons. The number of allylic oxidation sites excluding steroid dienone is 1. The van der Waals surface area contributed by atoms with E-state index < -0.39 is 57.9 Å². The molecule has 0 aromatic heterocycles. The molecule has 1 saturated carbocycles. The van der Waals surface area contributed by atoms with Crippen LogP contribution in [0.15, 0.2) is 29.0 Å². The molecule has 4 rings (SSSR count). The fourth-order valence-electron chi connectivity index (χ4n) is 6.36. The molecule has 10 nitrogen and oxygen atoms in total. The van der Waals surface area contributed by atoms with Crippen LogP contribution in [0.1, 0.15) is 42.9 Å². The number of benzene rings is 1. The van der Waals surface area contributed by atoms with Gasteiger partial charge in [0.05, 0.1) is 5.56 Å². The van der Waals surface area contributed by atoms with Crippen LogP contribution in [0.5, 0.6) is 5.75 Å². The molecule has 1 aromatic rings. The number of anilines is 1. The lowest BCUT2D eigenvalue weighted by Crippen LogP contribution is -2.62. The number of hydrogen-bond donors (Lipinski definition) is 5. The molecule has 4 atom stereocenters. The third-order valence-corrected chi connectivity index (χ3v) is 8.14. The van der Waals surface area contributed by atoms with Crippen molar-refractivity contribution in [1.29, 1.82) is 0 Å². The fraction of sp³-hybridized carbons (Fsp3) is 0.483. The van der Waals surface area contributed by atoms with Crippen molar-refractivity contribution < 1.29 is 34.8 Å². The summed E-state index contributed by atoms with van der Waals surface area (Å²) in [5.74, 6) is -7.39. The number of aliphatic hydroxyl groups excluding tert-OH is 2. The number of aliphatic hydroxyl groups is 3. The number of phenolic OH excluding ortho intramolecular Hbond substituents is 1. The zero-order valence-electron chi connectivity index (χ0n) is 23.0. The quantitative estimate of drug-likeness (QED) is 0.326. The smallest absolute Gasteiger partial charge is 0.255 e. The van der Waals surface area contributed by atoms with Gasteiger partial charge in [0.25, 0.3) is 5.91 Å². The van der Waals surface area contributed by atoms with Crippen molar-refractivity contribution in [3.63, 3.8) is 0 Å². The van der Waals surface area contributed by atoms with E-state index in [0.717, 1.165) is 18.5 Å². The van der Waals surface area contributed by atoms with E-state index in [1.54, 1.807) is 25.1 Å². The van der Waals surface area contributed by atoms with Crippen LogP contribution in [0, 0.1) is 17.8 Å². The van der Waals surface area contributed by atoms with Crippen LogP contribution >= 0.6 is 0 Å². The minimum absolute atomic E-state index is 0.0766. The maximum atomic E-state index is 14.0. The van der Waals surface area contributed by atoms with Gasteiger partial charge < -0.3 is 36.0 Å². The number of hydrogen-bond acceptors (Lipinski definition) is 9. The summed E-state index contributed by atoms with van der Waals surface area (Å²) >= 11 is 0. The Morgan fingerprint density at radius 2 is 1.85 bits per heavy atom. The van der Waals surface area contributed by atoms with Gasteiger partial charge in [-0.3, -0.25) is 14.4 Å². The molecule has 1 unspecified atom stereocenters. The summed E-state index contributed by atoms with van der Waals surface area (Å²) in [6, 6.07) is 1.83. The minimum Gasteiger partial charge on any atom is -0.508 e. The van der Waals surface area contributed by atoms with Crippen molar-refractivity contribution in [1.82, 2.24) is 4.90 Å². The number of primary amides is 1. The van der Waals surface area contributed by atoms with E-state index in [-0.39, 0.29) is 36.3 Å². The van der Waals surface area contributed by atoms with E-state index in [4.69, 9.17) is 5.73 Å². The van der Waals surface area contributed by atoms with Gasteiger partial charge in [0.15, 0.2) is 11.4 Å². The summed E-state index contributed by atoms with van der Waals surface area (Å²) in [5.41, 5.74) is 3.76. The van der Waals surface area contributed by atoms with E-state index in [2.05, 4.69) is 0 Å². The van der Waals surface area contributed by atoms with Gasteiger partial charge >= 0.3 is 0 Å². The minimum atomic E-state index is -2.63. The Morgan fingerprint density at radius 1 is 1.18 bits per heavy atom. The summed E-state index contributed by atoms with van der Waals surface area (Å²) in [6.45, 7) is 2.13. The molecule has 0 bridgehead atoms. The molecule has 1 aromatic carbocycles. The van der Waals surface area contributed by atoms with Gasteiger partial charge in [-0.1, -0.05) is 25.5 Å². The van der Waals surface area contributed by atoms with Crippen molar-refractivity contribution in [2.75, 3.05) is 39.6 Å². The molecule has 0 aliphatic heterocycles. The van der Waals surface area contributed by atoms with Crippen LogP contribution < -0.4 is 10.6 Å². The zero-order valence-corrected chi connectivity index (χ0v) is 23.0. The molecule has 6 N–H and O–H groups in total. The Morgan fingerprint density at radius 3 is 2.41 bits per heavy atom. The highest BCUT2D eigenvalue weighted by Gasteiger charge is 2.63. The van der Waals surface area contributed by atoms with Crippen LogP contribution in [0.4, 0.5) is 5.69 Å². The second kappa shape index (κ2) is 10.2. The van der Waals surface area contributed by atoms with Gasteiger partial charge in [0.2, 0.25) is 5.78 Å². The van der Waals surface area contributed by atoms with Crippen molar-refractivity contribution in [2.45, 2.75) is 38.2 Å². The van der Waals surface area contributed by atoms with Gasteiger partial charge in [0.1, 0.15) is 22.8 Å². The van der Waals surface area contributed by atoms with E-state index >= 15 is 0 Å². The number of phenols is 1. The van der Waals surface area contributed by atoms with E-state index in [9.17, 15) is 34.8 Å². The van der Waals surface area contributed by atoms with E-state index in [0.29, 0.717) is 11.1 Å². The molecule has 39 heavy (non-hydrogen) atoms. The van der Waals surface area contributed by atoms with Crippen molar-refractivity contribution in [3.8, 4) is 5.75 Å². The number of rotatable bonds is 7. The van der Waals surface area contributed by atoms with Crippen LogP contribution in [-0.2, 0) is 20.8 Å². The summed E-state index contributed by atoms with van der Waals surface area (Å²) in [5, 5.41) is 45.5. The van der Waals surface area contributed by atoms with Crippen LogP contribution in [0.2, 0.25) is 0 Å². The number of aromatic hydroxyl groups is 1. The number of fused-ring (bicyclic) bond motifs is 3. The first-order chi connectivity index (χ1) is 18.3. The first-order valence-corrected chi connectivity index (χ1v) is 13.1. The Labute approximate surface area is 227 Å². The Kier molecular flexibility index (Phi) is 7.39. The number of unbranched alkanes of at least 4 members (excludes halogenated alkanes) is 1. The van der Waals surface area contributed by atoms with Crippen LogP contribution in [0.25, 0.3) is 11.8 Å². The molecule has 1 fully saturated rings. The molecule has 3 aliphatic rings. The molecular formula is C29H37N3O7. The summed E-state index contributed by atoms with van der Waals surface area (Å²) < 4.78 is 0. The lowest BCUT2D eigenvalue weighted by atomic mass is 9.56. The van der Waals surface area contributed by atoms with Gasteiger partial charge in [-0.05, 0) is 50.9 Å². The normalized spacial score (nSPS) is 26.7. The SMILES string of the molecule is CCC/C=C/c1cc(N(C)C)c2c(c1O)C(O)=C1C(=O)[C@]3(O)C(O)=C(C(N)=O)C(=O)C(CN(C)C)[C@@H]3C[C@@H]1C2. The summed E-state index contributed by atoms with van der Waals surface area (Å²) in [6.07, 6.45) is 5.70. The van der Waals surface area contributed by atoms with E-state index in [1.165, 1.54) is 0 Å². The molecule has 210 valence electrons. The predicted molar refractivity (Wildman–Crippen MR) is 147 cm³/mol. The number of carbonyl (C=O) groups is 3. The highest BCUT2D eigenvalue weighted by atomic mass is 16.3. The van der Waals surface area contributed by atoms with Crippen LogP contribution in [-0.4, -0.2) is 83.1 Å². The molecule has 10 heteroatoms. The standard InChI is InChI=1S/C29H37N3O7/c1-6-7-8-9-14-12-19(32(4)5)16-10-15-11-18-17(13-31(2)3)24(34)22(28(30)38)27(37)29(18,39)26(36)20(15)25(35)21(16)23(14)33/h8-9,12,15,17-18,33,35,37,39H,6-7,10-11,13H2,1-5H3,(H2,30,38)/b9-8+/t15-,17?,18-,29-/m0/s1. The number of ketones is 2. The highest BCUT2D eigenvalue weighted by Crippen LogP contribution is 2.54. The van der Waals surface area contributed by atoms with Crippen molar-refractivity contribution in [3.05, 3.63) is 45.7 Å². The van der Waals surface area contributed by atoms with Crippen LogP contribution in [0.3, 0.4) is 0 Å². The van der Waals surface area contributed by atoms with Gasteiger partial charge in [0, 0.05) is 49.3 Å². The molecular weight excluding hydrogens is 502 g/mol. The third kappa shape index (κ3) is 4.31. The second-order valence-corrected chi connectivity index (χ2v) is 11.2. The third-order valence-electron chi connectivity index (χ3n) is 8.14. The Bertz CT molecular complexity index is 1340. The highest BCUT2D eigenvalue weighted by molar-refractivity contribution is 6.23. The topological polar surface area (TPSA) is 165 Å². The average Bonchev–Trinajstić information content (AvgIpc) is 2.84. The lowest BCUT2D eigenvalue weighted by Gasteiger charge is -2.49. The number of Topliss-reactive ketones (excluding diaryl/α,β-unsaturated/α-hetero) is 2. The van der Waals surface area contributed by atoms with E-state index in [1.807, 2.05) is 38.1 Å². The predicted octanol–water partition coefficient (Wildman–Crippen LogP) is 2.09. The zero-order chi connectivity index (χ0) is 29.0.